The van der Waals surface area contributed by atoms with E-state index in [-0.39, 0.29) is 12.2 Å². The van der Waals surface area contributed by atoms with Crippen LogP contribution < -0.4 is 5.73 Å². The highest BCUT2D eigenvalue weighted by molar-refractivity contribution is 5.55. The van der Waals surface area contributed by atoms with E-state index in [1.165, 1.54) is 12.3 Å². The lowest BCUT2D eigenvalue weighted by molar-refractivity contribution is -0.107. The summed E-state index contributed by atoms with van der Waals surface area (Å²) in [6.45, 7) is 0. The van der Waals surface area contributed by atoms with Gasteiger partial charge in [0, 0.05) is 11.8 Å². The van der Waals surface area contributed by atoms with Crippen molar-refractivity contribution in [3.63, 3.8) is 0 Å². The van der Waals surface area contributed by atoms with E-state index < -0.39 is 5.82 Å². The predicted molar refractivity (Wildman–Crippen MR) is 46.2 cm³/mol. The average molecular weight is 178 g/mol. The van der Waals surface area contributed by atoms with Gasteiger partial charge in [-0.2, -0.15) is 0 Å². The zero-order chi connectivity index (χ0) is 9.68. The summed E-state index contributed by atoms with van der Waals surface area (Å²) < 4.78 is 12.8. The standard InChI is InChI=1S/C9H7FN2O/c10-8-5-7(3-1-2-4-13)6-12-9(8)11/h4-6H,2H2,(H2,11,12). The van der Waals surface area contributed by atoms with Gasteiger partial charge in [0.2, 0.25) is 0 Å². The minimum Gasteiger partial charge on any atom is -0.381 e. The van der Waals surface area contributed by atoms with Crippen LogP contribution in [0.15, 0.2) is 12.3 Å². The highest BCUT2D eigenvalue weighted by Gasteiger charge is 1.98. The Labute approximate surface area is 74.8 Å². The smallest absolute Gasteiger partial charge is 0.166 e. The number of rotatable bonds is 1. The molecule has 13 heavy (non-hydrogen) atoms. The first-order valence-electron chi connectivity index (χ1n) is 3.57. The molecule has 3 nitrogen and oxygen atoms in total. The summed E-state index contributed by atoms with van der Waals surface area (Å²) in [5.41, 5.74) is 5.56. The maximum absolute atomic E-state index is 12.8. The fraction of sp³-hybridized carbons (Fsp3) is 0.111. The molecule has 0 amide bonds. The monoisotopic (exact) mass is 178 g/mol. The Morgan fingerprint density at radius 2 is 2.46 bits per heavy atom. The predicted octanol–water partition coefficient (Wildman–Crippen LogP) is 0.743. The summed E-state index contributed by atoms with van der Waals surface area (Å²) in [5, 5.41) is 0. The van der Waals surface area contributed by atoms with Crippen LogP contribution in [0.4, 0.5) is 10.2 Å². The van der Waals surface area contributed by atoms with Crippen molar-refractivity contribution in [3.05, 3.63) is 23.6 Å². The number of carbonyl (C=O) groups excluding carboxylic acids is 1. The van der Waals surface area contributed by atoms with Crippen LogP contribution in [0.25, 0.3) is 0 Å². The van der Waals surface area contributed by atoms with Gasteiger partial charge in [0.25, 0.3) is 0 Å². The molecule has 1 aromatic heterocycles. The van der Waals surface area contributed by atoms with Crippen LogP contribution in [0.1, 0.15) is 12.0 Å². The SMILES string of the molecule is Nc1ncc(C#CCC=O)cc1F. The van der Waals surface area contributed by atoms with Crippen LogP contribution >= 0.6 is 0 Å². The second kappa shape index (κ2) is 4.21. The summed E-state index contributed by atoms with van der Waals surface area (Å²) in [7, 11) is 0. The van der Waals surface area contributed by atoms with Crippen molar-refractivity contribution in [2.24, 2.45) is 0 Å². The van der Waals surface area contributed by atoms with Gasteiger partial charge < -0.3 is 10.5 Å². The van der Waals surface area contributed by atoms with E-state index in [1.807, 2.05) is 0 Å². The third-order valence-electron chi connectivity index (χ3n) is 1.29. The first-order chi connectivity index (χ1) is 6.24. The van der Waals surface area contributed by atoms with E-state index in [4.69, 9.17) is 5.73 Å². The van der Waals surface area contributed by atoms with Crippen LogP contribution in [0.3, 0.4) is 0 Å². The van der Waals surface area contributed by atoms with Crippen molar-refractivity contribution in [2.45, 2.75) is 6.42 Å². The van der Waals surface area contributed by atoms with Crippen LogP contribution in [-0.4, -0.2) is 11.3 Å². The normalized spacial score (nSPS) is 8.69. The lowest BCUT2D eigenvalue weighted by Crippen LogP contribution is -1.94. The van der Waals surface area contributed by atoms with E-state index in [1.54, 1.807) is 0 Å². The van der Waals surface area contributed by atoms with E-state index in [2.05, 4.69) is 16.8 Å². The molecule has 1 rings (SSSR count). The van der Waals surface area contributed by atoms with Crippen molar-refractivity contribution in [3.8, 4) is 11.8 Å². The molecule has 1 aromatic rings. The van der Waals surface area contributed by atoms with Crippen LogP contribution in [0.2, 0.25) is 0 Å². The van der Waals surface area contributed by atoms with Crippen molar-refractivity contribution in [1.82, 2.24) is 4.98 Å². The summed E-state index contributed by atoms with van der Waals surface area (Å²) in [5.74, 6) is 4.36. The second-order valence-electron chi connectivity index (χ2n) is 2.26. The minimum absolute atomic E-state index is 0.131. The molecule has 4 heteroatoms. The highest BCUT2D eigenvalue weighted by atomic mass is 19.1. The molecule has 0 atom stereocenters. The number of hydrogen-bond acceptors (Lipinski definition) is 3. The summed E-state index contributed by atoms with van der Waals surface area (Å²) >= 11 is 0. The highest BCUT2D eigenvalue weighted by Crippen LogP contribution is 2.06. The number of carbonyl (C=O) groups is 1. The van der Waals surface area contributed by atoms with Gasteiger partial charge in [0.1, 0.15) is 6.29 Å². The number of nitrogens with zero attached hydrogens (tertiary/aromatic N) is 1. The first kappa shape index (κ1) is 9.20. The summed E-state index contributed by atoms with van der Waals surface area (Å²) in [4.78, 5) is 13.5. The lowest BCUT2D eigenvalue weighted by atomic mass is 10.2. The van der Waals surface area contributed by atoms with Gasteiger partial charge in [-0.3, -0.25) is 0 Å². The van der Waals surface area contributed by atoms with Gasteiger partial charge in [0.15, 0.2) is 11.6 Å². The van der Waals surface area contributed by atoms with Crippen LogP contribution in [0.5, 0.6) is 0 Å². The van der Waals surface area contributed by atoms with Crippen molar-refractivity contribution in [2.75, 3.05) is 5.73 Å². The molecular weight excluding hydrogens is 171 g/mol. The molecule has 0 fully saturated rings. The average Bonchev–Trinajstić information content (AvgIpc) is 2.12. The Kier molecular flexibility index (Phi) is 2.98. The number of nitrogen functional groups attached to an aromatic ring is 1. The quantitative estimate of drug-likeness (QED) is 0.509. The van der Waals surface area contributed by atoms with Gasteiger partial charge >= 0.3 is 0 Å². The van der Waals surface area contributed by atoms with Gasteiger partial charge in [0.05, 0.1) is 6.42 Å². The Bertz CT molecular complexity index is 379. The molecule has 66 valence electrons. The molecule has 0 aliphatic heterocycles. The number of aldehydes is 1. The number of pyridine rings is 1. The van der Waals surface area contributed by atoms with Crippen molar-refractivity contribution >= 4 is 12.1 Å². The van der Waals surface area contributed by atoms with Gasteiger partial charge in [-0.1, -0.05) is 11.8 Å². The maximum Gasteiger partial charge on any atom is 0.166 e. The number of hydrogen-bond donors (Lipinski definition) is 1. The number of nitrogens with two attached hydrogens (primary N) is 1. The second-order valence-corrected chi connectivity index (χ2v) is 2.26. The molecule has 0 saturated heterocycles. The first-order valence-corrected chi connectivity index (χ1v) is 3.57. The molecule has 0 aromatic carbocycles. The topological polar surface area (TPSA) is 56.0 Å². The van der Waals surface area contributed by atoms with Crippen molar-refractivity contribution in [1.29, 1.82) is 0 Å². The summed E-state index contributed by atoms with van der Waals surface area (Å²) in [6.07, 6.45) is 2.16. The number of halogens is 1. The van der Waals surface area contributed by atoms with E-state index in [0.29, 0.717) is 11.8 Å². The fourth-order valence-electron chi connectivity index (χ4n) is 0.712. The number of anilines is 1. The molecule has 0 aliphatic rings. The summed E-state index contributed by atoms with van der Waals surface area (Å²) in [6, 6.07) is 1.18. The van der Waals surface area contributed by atoms with Gasteiger partial charge in [-0.15, -0.1) is 0 Å². The molecule has 0 saturated carbocycles. The Hall–Kier alpha value is -1.89. The minimum atomic E-state index is -0.599. The third kappa shape index (κ3) is 2.56. The van der Waals surface area contributed by atoms with E-state index in [0.717, 1.165) is 0 Å². The fourth-order valence-corrected chi connectivity index (χ4v) is 0.712. The lowest BCUT2D eigenvalue weighted by Gasteiger charge is -1.94. The molecule has 0 aliphatic carbocycles. The molecular formula is C9H7FN2O. The molecule has 0 bridgehead atoms. The Morgan fingerprint density at radius 3 is 3.08 bits per heavy atom. The van der Waals surface area contributed by atoms with Crippen molar-refractivity contribution < 1.29 is 9.18 Å². The molecule has 0 radical (unpaired) electrons. The van der Waals surface area contributed by atoms with Crippen LogP contribution in [-0.2, 0) is 4.79 Å². The molecule has 2 N–H and O–H groups in total. The Balaban J connectivity index is 2.87. The van der Waals surface area contributed by atoms with E-state index in [9.17, 15) is 9.18 Å². The molecule has 1 heterocycles. The van der Waals surface area contributed by atoms with E-state index >= 15 is 0 Å². The van der Waals surface area contributed by atoms with Crippen LogP contribution in [0, 0.1) is 17.7 Å². The molecule has 0 unspecified atom stereocenters. The Morgan fingerprint density at radius 1 is 1.69 bits per heavy atom. The largest absolute Gasteiger partial charge is 0.381 e. The number of aromatic nitrogens is 1. The van der Waals surface area contributed by atoms with Gasteiger partial charge in [-0.05, 0) is 6.07 Å². The maximum atomic E-state index is 12.8. The third-order valence-corrected chi connectivity index (χ3v) is 1.29. The van der Waals surface area contributed by atoms with Gasteiger partial charge in [-0.25, -0.2) is 9.37 Å². The molecule has 0 spiro atoms. The zero-order valence-electron chi connectivity index (χ0n) is 6.75. The zero-order valence-corrected chi connectivity index (χ0v) is 6.75.